The first-order valence-corrected chi connectivity index (χ1v) is 7.98. The van der Waals surface area contributed by atoms with Crippen molar-refractivity contribution in [1.29, 1.82) is 0 Å². The van der Waals surface area contributed by atoms with E-state index in [1.54, 1.807) is 0 Å². The first kappa shape index (κ1) is 17.5. The van der Waals surface area contributed by atoms with Crippen LogP contribution in [-0.2, 0) is 0 Å². The quantitative estimate of drug-likeness (QED) is 0.568. The van der Waals surface area contributed by atoms with Gasteiger partial charge in [-0.15, -0.1) is 0 Å². The summed E-state index contributed by atoms with van der Waals surface area (Å²) in [5.41, 5.74) is 0.811. The highest BCUT2D eigenvalue weighted by molar-refractivity contribution is 5.18. The molecule has 0 saturated heterocycles. The minimum atomic E-state index is -0.552. The second-order valence-corrected chi connectivity index (χ2v) is 7.12. The Balaban J connectivity index is 2.39. The summed E-state index contributed by atoms with van der Waals surface area (Å²) in [4.78, 5) is 0. The second kappa shape index (κ2) is 7.42. The standard InChI is InChI=1S/C18H32O2/c1-13-14(2)16(12-17(19)15(13)3)10-8-6-7-9-11-18(4,5)20/h6,8,12-15,17,19-20H,7,9-11H2,1-5H3/b8-6+. The van der Waals surface area contributed by atoms with Gasteiger partial charge in [0.1, 0.15) is 0 Å². The van der Waals surface area contributed by atoms with Gasteiger partial charge in [-0.05, 0) is 57.3 Å². The van der Waals surface area contributed by atoms with E-state index < -0.39 is 5.60 Å². The maximum absolute atomic E-state index is 10.0. The molecule has 1 rings (SSSR count). The molecule has 0 bridgehead atoms. The lowest BCUT2D eigenvalue weighted by Crippen LogP contribution is -2.32. The van der Waals surface area contributed by atoms with E-state index in [1.165, 1.54) is 5.57 Å². The van der Waals surface area contributed by atoms with Crippen molar-refractivity contribution in [3.63, 3.8) is 0 Å². The predicted molar refractivity (Wildman–Crippen MR) is 85.5 cm³/mol. The van der Waals surface area contributed by atoms with Crippen LogP contribution in [0, 0.1) is 17.8 Å². The summed E-state index contributed by atoms with van der Waals surface area (Å²) >= 11 is 0. The molecule has 4 unspecified atom stereocenters. The number of aliphatic hydroxyl groups excluding tert-OH is 1. The molecule has 2 N–H and O–H groups in total. The van der Waals surface area contributed by atoms with Crippen molar-refractivity contribution in [2.45, 2.75) is 72.0 Å². The molecule has 0 aromatic carbocycles. The Hall–Kier alpha value is -0.600. The van der Waals surface area contributed by atoms with Gasteiger partial charge >= 0.3 is 0 Å². The normalized spacial score (nSPS) is 31.6. The fourth-order valence-electron chi connectivity index (χ4n) is 2.87. The van der Waals surface area contributed by atoms with Crippen LogP contribution in [0.4, 0.5) is 0 Å². The van der Waals surface area contributed by atoms with Crippen LogP contribution in [0.3, 0.4) is 0 Å². The molecule has 0 heterocycles. The summed E-state index contributed by atoms with van der Waals surface area (Å²) in [6.07, 6.45) is 9.99. The van der Waals surface area contributed by atoms with E-state index in [9.17, 15) is 10.2 Å². The van der Waals surface area contributed by atoms with Crippen LogP contribution in [0.2, 0.25) is 0 Å². The van der Waals surface area contributed by atoms with Gasteiger partial charge in [0.05, 0.1) is 11.7 Å². The lowest BCUT2D eigenvalue weighted by molar-refractivity contribution is 0.0691. The van der Waals surface area contributed by atoms with Gasteiger partial charge in [0.2, 0.25) is 0 Å². The Morgan fingerprint density at radius 3 is 2.40 bits per heavy atom. The van der Waals surface area contributed by atoms with Crippen LogP contribution in [0.25, 0.3) is 0 Å². The fraction of sp³-hybridized carbons (Fsp3) is 0.778. The topological polar surface area (TPSA) is 40.5 Å². The number of rotatable bonds is 6. The Morgan fingerprint density at radius 2 is 1.80 bits per heavy atom. The predicted octanol–water partition coefficient (Wildman–Crippen LogP) is 4.08. The van der Waals surface area contributed by atoms with E-state index >= 15 is 0 Å². The molecular weight excluding hydrogens is 248 g/mol. The van der Waals surface area contributed by atoms with Gasteiger partial charge in [-0.25, -0.2) is 0 Å². The van der Waals surface area contributed by atoms with Gasteiger partial charge in [0.15, 0.2) is 0 Å². The number of unbranched alkanes of at least 4 members (excludes halogenated alkanes) is 1. The van der Waals surface area contributed by atoms with E-state index in [2.05, 4.69) is 39.0 Å². The molecule has 2 nitrogen and oxygen atoms in total. The SMILES string of the molecule is CC1C(C/C=C/CCCC(C)(C)O)=CC(O)C(C)C1C. The monoisotopic (exact) mass is 280 g/mol. The highest BCUT2D eigenvalue weighted by Crippen LogP contribution is 2.36. The second-order valence-electron chi connectivity index (χ2n) is 7.12. The molecule has 20 heavy (non-hydrogen) atoms. The zero-order chi connectivity index (χ0) is 15.3. The summed E-state index contributed by atoms with van der Waals surface area (Å²) in [7, 11) is 0. The molecule has 4 atom stereocenters. The van der Waals surface area contributed by atoms with Crippen molar-refractivity contribution >= 4 is 0 Å². The number of allylic oxidation sites excluding steroid dienone is 3. The van der Waals surface area contributed by atoms with E-state index in [4.69, 9.17) is 0 Å². The van der Waals surface area contributed by atoms with E-state index in [0.717, 1.165) is 25.7 Å². The molecule has 0 saturated carbocycles. The molecule has 2 heteroatoms. The van der Waals surface area contributed by atoms with Crippen molar-refractivity contribution in [1.82, 2.24) is 0 Å². The van der Waals surface area contributed by atoms with Crippen molar-refractivity contribution in [3.8, 4) is 0 Å². The number of hydrogen-bond donors (Lipinski definition) is 2. The third-order valence-electron chi connectivity index (χ3n) is 4.81. The molecule has 0 fully saturated rings. The summed E-state index contributed by atoms with van der Waals surface area (Å²) in [6, 6.07) is 0. The molecule has 0 spiro atoms. The molecule has 0 amide bonds. The highest BCUT2D eigenvalue weighted by Gasteiger charge is 2.30. The lowest BCUT2D eigenvalue weighted by Gasteiger charge is -2.35. The first-order valence-electron chi connectivity index (χ1n) is 7.98. The summed E-state index contributed by atoms with van der Waals surface area (Å²) in [6.45, 7) is 10.3. The van der Waals surface area contributed by atoms with Gasteiger partial charge in [-0.1, -0.05) is 44.6 Å². The van der Waals surface area contributed by atoms with Crippen LogP contribution >= 0.6 is 0 Å². The van der Waals surface area contributed by atoms with Crippen LogP contribution in [0.15, 0.2) is 23.8 Å². The zero-order valence-electron chi connectivity index (χ0n) is 13.8. The third kappa shape index (κ3) is 5.41. The molecule has 0 radical (unpaired) electrons. The molecule has 0 aliphatic heterocycles. The zero-order valence-corrected chi connectivity index (χ0v) is 13.8. The van der Waals surface area contributed by atoms with Gasteiger partial charge in [-0.3, -0.25) is 0 Å². The maximum atomic E-state index is 10.0. The summed E-state index contributed by atoms with van der Waals surface area (Å²) in [5.74, 6) is 1.44. The van der Waals surface area contributed by atoms with Gasteiger partial charge < -0.3 is 10.2 Å². The Morgan fingerprint density at radius 1 is 1.15 bits per heavy atom. The van der Waals surface area contributed by atoms with Crippen molar-refractivity contribution in [2.75, 3.05) is 0 Å². The van der Waals surface area contributed by atoms with E-state index in [-0.39, 0.29) is 6.10 Å². The average molecular weight is 280 g/mol. The van der Waals surface area contributed by atoms with Crippen LogP contribution in [0.5, 0.6) is 0 Å². The number of hydrogen-bond acceptors (Lipinski definition) is 2. The highest BCUT2D eigenvalue weighted by atomic mass is 16.3. The third-order valence-corrected chi connectivity index (χ3v) is 4.81. The Kier molecular flexibility index (Phi) is 6.47. The van der Waals surface area contributed by atoms with Crippen LogP contribution in [-0.4, -0.2) is 21.9 Å². The minimum absolute atomic E-state index is 0.292. The van der Waals surface area contributed by atoms with Crippen LogP contribution in [0.1, 0.15) is 60.3 Å². The molecule has 0 aromatic rings. The average Bonchev–Trinajstić information content (AvgIpc) is 2.35. The van der Waals surface area contributed by atoms with Crippen molar-refractivity contribution < 1.29 is 10.2 Å². The maximum Gasteiger partial charge on any atom is 0.0752 e. The summed E-state index contributed by atoms with van der Waals surface area (Å²) < 4.78 is 0. The fourth-order valence-corrected chi connectivity index (χ4v) is 2.87. The largest absolute Gasteiger partial charge is 0.390 e. The van der Waals surface area contributed by atoms with Crippen molar-refractivity contribution in [2.24, 2.45) is 17.8 Å². The minimum Gasteiger partial charge on any atom is -0.390 e. The Bertz CT molecular complexity index is 349. The first-order chi connectivity index (χ1) is 9.22. The number of aliphatic hydroxyl groups is 2. The smallest absolute Gasteiger partial charge is 0.0752 e. The molecule has 1 aliphatic rings. The lowest BCUT2D eigenvalue weighted by atomic mass is 9.72. The molecular formula is C18H32O2. The Labute approximate surface area is 124 Å². The van der Waals surface area contributed by atoms with E-state index in [1.807, 2.05) is 13.8 Å². The van der Waals surface area contributed by atoms with Crippen molar-refractivity contribution in [3.05, 3.63) is 23.8 Å². The molecule has 1 aliphatic carbocycles. The van der Waals surface area contributed by atoms with Crippen LogP contribution < -0.4 is 0 Å². The summed E-state index contributed by atoms with van der Waals surface area (Å²) in [5, 5.41) is 19.7. The van der Waals surface area contributed by atoms with Gasteiger partial charge in [-0.2, -0.15) is 0 Å². The van der Waals surface area contributed by atoms with E-state index in [0.29, 0.717) is 17.8 Å². The van der Waals surface area contributed by atoms with Gasteiger partial charge in [0, 0.05) is 0 Å². The molecule has 0 aromatic heterocycles. The van der Waals surface area contributed by atoms with Gasteiger partial charge in [0.25, 0.3) is 0 Å². The molecule has 116 valence electrons.